The van der Waals surface area contributed by atoms with Crippen molar-refractivity contribution in [1.82, 2.24) is 0 Å². The minimum atomic E-state index is -2.52. The molecule has 0 saturated heterocycles. The van der Waals surface area contributed by atoms with Crippen LogP contribution in [0.3, 0.4) is 0 Å². The minimum absolute atomic E-state index is 0.124. The molecule has 0 spiro atoms. The van der Waals surface area contributed by atoms with Crippen LogP contribution in [0.25, 0.3) is 0 Å². The van der Waals surface area contributed by atoms with E-state index in [2.05, 4.69) is 0 Å². The number of unbranched alkanes of at least 4 members (excludes halogenated alkanes) is 1. The number of nitro groups is 2. The highest BCUT2D eigenvalue weighted by Crippen LogP contribution is 2.18. The smallest absolute Gasteiger partial charge is 0.396 e. The lowest BCUT2D eigenvalue weighted by Crippen LogP contribution is -2.49. The highest BCUT2D eigenvalue weighted by molar-refractivity contribution is 4.65. The van der Waals surface area contributed by atoms with Gasteiger partial charge in [0.2, 0.25) is 0 Å². The largest absolute Gasteiger partial charge is 0.480 e. The molecule has 0 aromatic heterocycles. The van der Waals surface area contributed by atoms with Gasteiger partial charge >= 0.3 is 5.66 Å². The van der Waals surface area contributed by atoms with E-state index in [0.29, 0.717) is 0 Å². The summed E-state index contributed by atoms with van der Waals surface area (Å²) in [4.78, 5) is 18.7. The highest BCUT2D eigenvalue weighted by Gasteiger charge is 2.54. The molecule has 0 bridgehead atoms. The molecule has 0 unspecified atom stereocenters. The summed E-state index contributed by atoms with van der Waals surface area (Å²) in [6.07, 6.45) is -0.0213. The quantitative estimate of drug-likeness (QED) is 0.248. The molecule has 0 fully saturated rings. The standard InChI is InChI=1S/C6H12N2O6/c9-4-2-1-3-6(5-10,7(11)12)8(13)14/h9-10H,1-5H2. The Labute approximate surface area is 79.5 Å². The van der Waals surface area contributed by atoms with Crippen LogP contribution in [0.1, 0.15) is 19.3 Å². The molecular formula is C6H12N2O6. The van der Waals surface area contributed by atoms with Gasteiger partial charge in [0.25, 0.3) is 0 Å². The lowest BCUT2D eigenvalue weighted by molar-refractivity contribution is -0.799. The molecule has 8 nitrogen and oxygen atoms in total. The van der Waals surface area contributed by atoms with Crippen LogP contribution in [0.5, 0.6) is 0 Å². The molecule has 82 valence electrons. The van der Waals surface area contributed by atoms with Crippen molar-refractivity contribution in [2.75, 3.05) is 13.2 Å². The van der Waals surface area contributed by atoms with E-state index in [4.69, 9.17) is 10.2 Å². The minimum Gasteiger partial charge on any atom is -0.396 e. The molecule has 0 amide bonds. The van der Waals surface area contributed by atoms with Gasteiger partial charge in [-0.15, -0.1) is 0 Å². The Kier molecular flexibility index (Phi) is 4.95. The number of hydrogen-bond donors (Lipinski definition) is 2. The normalized spacial score (nSPS) is 11.3. The van der Waals surface area contributed by atoms with Gasteiger partial charge in [-0.25, -0.2) is 0 Å². The van der Waals surface area contributed by atoms with Crippen molar-refractivity contribution in [1.29, 1.82) is 0 Å². The third-order valence-electron chi connectivity index (χ3n) is 1.92. The fraction of sp³-hybridized carbons (Fsp3) is 1.00. The summed E-state index contributed by atoms with van der Waals surface area (Å²) in [5.41, 5.74) is -2.52. The molecule has 0 aromatic carbocycles. The third-order valence-corrected chi connectivity index (χ3v) is 1.92. The van der Waals surface area contributed by atoms with E-state index in [1.807, 2.05) is 0 Å². The van der Waals surface area contributed by atoms with Crippen molar-refractivity contribution < 1.29 is 20.1 Å². The van der Waals surface area contributed by atoms with E-state index in [0.717, 1.165) is 0 Å². The Balaban J connectivity index is 4.52. The first-order valence-corrected chi connectivity index (χ1v) is 4.02. The average Bonchev–Trinajstić information content (AvgIpc) is 2.11. The number of aliphatic hydroxyl groups excluding tert-OH is 2. The van der Waals surface area contributed by atoms with Crippen LogP contribution in [-0.2, 0) is 0 Å². The monoisotopic (exact) mass is 208 g/mol. The van der Waals surface area contributed by atoms with Crippen molar-refractivity contribution in [3.05, 3.63) is 20.2 Å². The van der Waals surface area contributed by atoms with E-state index in [1.165, 1.54) is 0 Å². The number of nitrogens with zero attached hydrogens (tertiary/aromatic N) is 2. The molecular weight excluding hydrogens is 196 g/mol. The first kappa shape index (κ1) is 12.7. The van der Waals surface area contributed by atoms with E-state index in [9.17, 15) is 20.2 Å². The third kappa shape index (κ3) is 2.60. The maximum absolute atomic E-state index is 10.4. The van der Waals surface area contributed by atoms with Gasteiger partial charge in [-0.2, -0.15) is 0 Å². The topological polar surface area (TPSA) is 127 Å². The first-order chi connectivity index (χ1) is 6.51. The molecule has 0 saturated carbocycles. The van der Waals surface area contributed by atoms with Gasteiger partial charge in [-0.1, -0.05) is 0 Å². The second-order valence-corrected chi connectivity index (χ2v) is 2.84. The average molecular weight is 208 g/mol. The van der Waals surface area contributed by atoms with Crippen molar-refractivity contribution >= 4 is 0 Å². The summed E-state index contributed by atoms with van der Waals surface area (Å²) in [6, 6.07) is 0. The van der Waals surface area contributed by atoms with Crippen LogP contribution in [0.4, 0.5) is 0 Å². The molecule has 0 aliphatic rings. The molecule has 0 heterocycles. The Morgan fingerprint density at radius 1 is 1.07 bits per heavy atom. The Hall–Kier alpha value is -1.28. The van der Waals surface area contributed by atoms with Crippen molar-refractivity contribution in [3.63, 3.8) is 0 Å². The molecule has 0 atom stereocenters. The number of hydrogen-bond acceptors (Lipinski definition) is 6. The van der Waals surface area contributed by atoms with Gasteiger partial charge in [-0.3, -0.25) is 20.2 Å². The van der Waals surface area contributed by atoms with E-state index in [-0.39, 0.29) is 25.9 Å². The van der Waals surface area contributed by atoms with Crippen molar-refractivity contribution in [2.24, 2.45) is 0 Å². The van der Waals surface area contributed by atoms with Crippen molar-refractivity contribution in [3.8, 4) is 0 Å². The molecule has 8 heteroatoms. The summed E-state index contributed by atoms with van der Waals surface area (Å²) < 4.78 is 0. The predicted octanol–water partition coefficient (Wildman–Crippen LogP) is -0.609. The fourth-order valence-electron chi connectivity index (χ4n) is 0.964. The number of rotatable bonds is 7. The summed E-state index contributed by atoms with van der Waals surface area (Å²) in [5, 5.41) is 37.9. The molecule has 0 aromatic rings. The molecule has 2 N–H and O–H groups in total. The maximum atomic E-state index is 10.4. The van der Waals surface area contributed by atoms with Crippen LogP contribution >= 0.6 is 0 Å². The molecule has 0 radical (unpaired) electrons. The molecule has 0 rings (SSSR count). The lowest BCUT2D eigenvalue weighted by Gasteiger charge is -2.13. The fourth-order valence-corrected chi connectivity index (χ4v) is 0.964. The zero-order valence-corrected chi connectivity index (χ0v) is 7.46. The second-order valence-electron chi connectivity index (χ2n) is 2.84. The Morgan fingerprint density at radius 3 is 1.86 bits per heavy atom. The summed E-state index contributed by atoms with van der Waals surface area (Å²) >= 11 is 0. The van der Waals surface area contributed by atoms with Gasteiger partial charge in [0.1, 0.15) is 9.85 Å². The van der Waals surface area contributed by atoms with Gasteiger partial charge in [0.05, 0.1) is 6.42 Å². The van der Waals surface area contributed by atoms with Crippen LogP contribution in [-0.4, -0.2) is 38.9 Å². The van der Waals surface area contributed by atoms with Crippen LogP contribution in [0.2, 0.25) is 0 Å². The molecule has 0 aliphatic heterocycles. The summed E-state index contributed by atoms with van der Waals surface area (Å²) in [5.74, 6) is 0. The first-order valence-electron chi connectivity index (χ1n) is 4.02. The number of aliphatic hydroxyl groups is 2. The van der Waals surface area contributed by atoms with Gasteiger partial charge in [0.15, 0.2) is 6.61 Å². The van der Waals surface area contributed by atoms with Crippen LogP contribution in [0, 0.1) is 20.2 Å². The zero-order valence-electron chi connectivity index (χ0n) is 7.46. The van der Waals surface area contributed by atoms with Gasteiger partial charge < -0.3 is 10.2 Å². The van der Waals surface area contributed by atoms with E-state index < -0.39 is 22.1 Å². The van der Waals surface area contributed by atoms with Crippen LogP contribution in [0.15, 0.2) is 0 Å². The second kappa shape index (κ2) is 5.45. The predicted molar refractivity (Wildman–Crippen MR) is 44.7 cm³/mol. The van der Waals surface area contributed by atoms with Crippen LogP contribution < -0.4 is 0 Å². The SMILES string of the molecule is O=[N+]([O-])C(CO)(CCCCO)[N+](=O)[O-]. The Morgan fingerprint density at radius 2 is 1.57 bits per heavy atom. The van der Waals surface area contributed by atoms with Gasteiger partial charge in [0, 0.05) is 6.61 Å². The molecule has 0 aliphatic carbocycles. The Bertz CT molecular complexity index is 204. The van der Waals surface area contributed by atoms with E-state index in [1.54, 1.807) is 0 Å². The van der Waals surface area contributed by atoms with Crippen molar-refractivity contribution in [2.45, 2.75) is 24.9 Å². The summed E-state index contributed by atoms with van der Waals surface area (Å²) in [6.45, 7) is -1.32. The summed E-state index contributed by atoms with van der Waals surface area (Å²) in [7, 11) is 0. The van der Waals surface area contributed by atoms with E-state index >= 15 is 0 Å². The maximum Gasteiger partial charge on any atom is 0.480 e. The lowest BCUT2D eigenvalue weighted by atomic mass is 10.1. The van der Waals surface area contributed by atoms with Gasteiger partial charge in [-0.05, 0) is 12.8 Å². The zero-order chi connectivity index (χ0) is 11.2. The molecule has 14 heavy (non-hydrogen) atoms. The highest BCUT2D eigenvalue weighted by atomic mass is 16.7.